The number of likely N-dealkylation sites (N-methyl/N-ethyl adjacent to an activating group) is 1. The molecule has 1 aliphatic rings. The second kappa shape index (κ2) is 10.8. The number of benzene rings is 1. The molecule has 0 spiro atoms. The summed E-state index contributed by atoms with van der Waals surface area (Å²) in [6.07, 6.45) is 1.82. The Labute approximate surface area is 178 Å². The molecule has 3 rings (SSSR count). The summed E-state index contributed by atoms with van der Waals surface area (Å²) in [5.74, 6) is 1.03. The zero-order chi connectivity index (χ0) is 21.3. The van der Waals surface area contributed by atoms with Gasteiger partial charge in [0.25, 0.3) is 0 Å². The summed E-state index contributed by atoms with van der Waals surface area (Å²) < 4.78 is 11.3. The van der Waals surface area contributed by atoms with Crippen LogP contribution in [0.25, 0.3) is 0 Å². The van der Waals surface area contributed by atoms with E-state index in [0.717, 1.165) is 36.7 Å². The Balaban J connectivity index is 1.49. The van der Waals surface area contributed by atoms with Gasteiger partial charge in [0.05, 0.1) is 18.7 Å². The molecule has 7 nitrogen and oxygen atoms in total. The van der Waals surface area contributed by atoms with Crippen molar-refractivity contribution in [3.05, 3.63) is 54.0 Å². The maximum absolute atomic E-state index is 12.6. The van der Waals surface area contributed by atoms with Crippen molar-refractivity contribution in [2.75, 3.05) is 32.8 Å². The zero-order valence-corrected chi connectivity index (χ0v) is 17.8. The van der Waals surface area contributed by atoms with Crippen LogP contribution in [0.15, 0.2) is 47.1 Å². The fraction of sp³-hybridized carbons (Fsp3) is 0.478. The van der Waals surface area contributed by atoms with Gasteiger partial charge in [-0.1, -0.05) is 32.0 Å². The van der Waals surface area contributed by atoms with Crippen molar-refractivity contribution in [1.29, 1.82) is 0 Å². The first kappa shape index (κ1) is 21.9. The first-order valence-corrected chi connectivity index (χ1v) is 10.6. The number of para-hydroxylation sites is 1. The van der Waals surface area contributed by atoms with E-state index in [2.05, 4.69) is 24.1 Å². The first-order valence-electron chi connectivity index (χ1n) is 10.6. The normalized spacial score (nSPS) is 16.3. The second-order valence-electron chi connectivity index (χ2n) is 7.46. The molecule has 1 N–H and O–H groups in total. The van der Waals surface area contributed by atoms with Gasteiger partial charge in [-0.3, -0.25) is 9.59 Å². The maximum atomic E-state index is 12.6. The Morgan fingerprint density at radius 1 is 1.23 bits per heavy atom. The Kier molecular flexibility index (Phi) is 7.90. The lowest BCUT2D eigenvalue weighted by Gasteiger charge is -2.19. The van der Waals surface area contributed by atoms with Gasteiger partial charge in [0.2, 0.25) is 11.8 Å². The number of nitrogens with zero attached hydrogens (tertiary/aromatic N) is 2. The maximum Gasteiger partial charge on any atom is 0.225 e. The molecule has 30 heavy (non-hydrogen) atoms. The molecule has 0 radical (unpaired) electrons. The van der Waals surface area contributed by atoms with Crippen molar-refractivity contribution in [3.63, 3.8) is 0 Å². The Hall–Kier alpha value is -2.80. The smallest absolute Gasteiger partial charge is 0.225 e. The molecule has 1 fully saturated rings. The number of rotatable bonds is 11. The molecular weight excluding hydrogens is 382 g/mol. The van der Waals surface area contributed by atoms with Crippen LogP contribution in [0.2, 0.25) is 0 Å². The van der Waals surface area contributed by atoms with Gasteiger partial charge >= 0.3 is 0 Å². The number of carbonyl (C=O) groups excluding carboxylic acids is 2. The fourth-order valence-electron chi connectivity index (χ4n) is 3.63. The van der Waals surface area contributed by atoms with Gasteiger partial charge in [-0.15, -0.1) is 0 Å². The van der Waals surface area contributed by atoms with E-state index in [0.29, 0.717) is 26.2 Å². The number of amides is 2. The third-order valence-electron chi connectivity index (χ3n) is 5.50. The van der Waals surface area contributed by atoms with Crippen LogP contribution >= 0.6 is 0 Å². The van der Waals surface area contributed by atoms with Crippen LogP contribution in [0.3, 0.4) is 0 Å². The van der Waals surface area contributed by atoms with Crippen LogP contribution in [-0.2, 0) is 22.7 Å². The van der Waals surface area contributed by atoms with Crippen molar-refractivity contribution >= 4 is 11.8 Å². The van der Waals surface area contributed by atoms with Gasteiger partial charge in [-0.05, 0) is 31.3 Å². The predicted octanol–water partition coefficient (Wildman–Crippen LogP) is 2.67. The van der Waals surface area contributed by atoms with E-state index in [4.69, 9.17) is 9.15 Å². The summed E-state index contributed by atoms with van der Waals surface area (Å²) in [6, 6.07) is 11.4. The van der Waals surface area contributed by atoms with Crippen LogP contribution in [0, 0.1) is 5.92 Å². The molecule has 1 aromatic carbocycles. The molecule has 162 valence electrons. The molecule has 0 saturated carbocycles. The van der Waals surface area contributed by atoms with Crippen LogP contribution in [-0.4, -0.2) is 54.4 Å². The highest BCUT2D eigenvalue weighted by molar-refractivity contribution is 5.89. The molecule has 1 aliphatic heterocycles. The van der Waals surface area contributed by atoms with Crippen molar-refractivity contribution in [3.8, 4) is 5.75 Å². The number of furan rings is 1. The standard InChI is InChI=1S/C23H31N3O4/c1-3-25(4-2)11-13-30-21-10-6-5-8-18(21)15-24-23(28)19-14-22(27)26(16-19)17-20-9-7-12-29-20/h5-10,12,19H,3-4,11,13-17H2,1-2H3,(H,24,28). The third kappa shape index (κ3) is 5.86. The van der Waals surface area contributed by atoms with Crippen molar-refractivity contribution in [2.24, 2.45) is 5.92 Å². The van der Waals surface area contributed by atoms with E-state index >= 15 is 0 Å². The minimum absolute atomic E-state index is 0.0216. The number of ether oxygens (including phenoxy) is 1. The van der Waals surface area contributed by atoms with Gasteiger partial charge in [0.15, 0.2) is 0 Å². The third-order valence-corrected chi connectivity index (χ3v) is 5.50. The SMILES string of the molecule is CCN(CC)CCOc1ccccc1CNC(=O)C1CC(=O)N(Cc2ccco2)C1. The van der Waals surface area contributed by atoms with E-state index < -0.39 is 0 Å². The van der Waals surface area contributed by atoms with Crippen molar-refractivity contribution in [1.82, 2.24) is 15.1 Å². The molecule has 2 heterocycles. The van der Waals surface area contributed by atoms with Crippen LogP contribution in [0.5, 0.6) is 5.75 Å². The molecule has 0 aliphatic carbocycles. The lowest BCUT2D eigenvalue weighted by molar-refractivity contribution is -0.129. The lowest BCUT2D eigenvalue weighted by Crippen LogP contribution is -2.32. The zero-order valence-electron chi connectivity index (χ0n) is 17.8. The second-order valence-corrected chi connectivity index (χ2v) is 7.46. The van der Waals surface area contributed by atoms with Gasteiger partial charge in [0, 0.05) is 31.6 Å². The molecular formula is C23H31N3O4. The molecule has 1 atom stereocenters. The summed E-state index contributed by atoms with van der Waals surface area (Å²) >= 11 is 0. The number of nitrogens with one attached hydrogen (secondary N) is 1. The average molecular weight is 414 g/mol. The van der Waals surface area contributed by atoms with Crippen LogP contribution in [0.1, 0.15) is 31.6 Å². The van der Waals surface area contributed by atoms with E-state index in [9.17, 15) is 9.59 Å². The topological polar surface area (TPSA) is 75.0 Å². The minimum Gasteiger partial charge on any atom is -0.492 e. The highest BCUT2D eigenvalue weighted by atomic mass is 16.5. The molecule has 1 unspecified atom stereocenters. The summed E-state index contributed by atoms with van der Waals surface area (Å²) in [6.45, 7) is 8.92. The molecule has 1 aromatic heterocycles. The summed E-state index contributed by atoms with van der Waals surface area (Å²) in [7, 11) is 0. The Morgan fingerprint density at radius 3 is 2.77 bits per heavy atom. The van der Waals surface area contributed by atoms with Crippen molar-refractivity contribution < 1.29 is 18.7 Å². The van der Waals surface area contributed by atoms with Gasteiger partial charge < -0.3 is 24.3 Å². The van der Waals surface area contributed by atoms with Crippen molar-refractivity contribution in [2.45, 2.75) is 33.4 Å². The molecule has 2 amide bonds. The van der Waals surface area contributed by atoms with E-state index in [-0.39, 0.29) is 24.2 Å². The average Bonchev–Trinajstić information content (AvgIpc) is 3.40. The predicted molar refractivity (Wildman–Crippen MR) is 114 cm³/mol. The summed E-state index contributed by atoms with van der Waals surface area (Å²) in [5.41, 5.74) is 0.933. The van der Waals surface area contributed by atoms with Crippen LogP contribution in [0.4, 0.5) is 0 Å². The van der Waals surface area contributed by atoms with E-state index in [1.165, 1.54) is 0 Å². The number of hydrogen-bond donors (Lipinski definition) is 1. The van der Waals surface area contributed by atoms with Gasteiger partial charge in [0.1, 0.15) is 18.1 Å². The molecule has 1 saturated heterocycles. The molecule has 0 bridgehead atoms. The Morgan fingerprint density at radius 2 is 2.03 bits per heavy atom. The number of hydrogen-bond acceptors (Lipinski definition) is 5. The monoisotopic (exact) mass is 413 g/mol. The largest absolute Gasteiger partial charge is 0.492 e. The highest BCUT2D eigenvalue weighted by Gasteiger charge is 2.34. The van der Waals surface area contributed by atoms with Crippen LogP contribution < -0.4 is 10.1 Å². The summed E-state index contributed by atoms with van der Waals surface area (Å²) in [4.78, 5) is 28.9. The van der Waals surface area contributed by atoms with Gasteiger partial charge in [-0.25, -0.2) is 0 Å². The first-order chi connectivity index (χ1) is 14.6. The van der Waals surface area contributed by atoms with Gasteiger partial charge in [-0.2, -0.15) is 0 Å². The van der Waals surface area contributed by atoms with E-state index in [1.54, 1.807) is 17.2 Å². The summed E-state index contributed by atoms with van der Waals surface area (Å²) in [5, 5.41) is 2.97. The fourth-order valence-corrected chi connectivity index (χ4v) is 3.63. The lowest BCUT2D eigenvalue weighted by atomic mass is 10.1. The Bertz CT molecular complexity index is 818. The molecule has 7 heteroatoms. The number of carbonyl (C=O) groups is 2. The molecule has 2 aromatic rings. The highest BCUT2D eigenvalue weighted by Crippen LogP contribution is 2.22. The quantitative estimate of drug-likeness (QED) is 0.613. The number of likely N-dealkylation sites (tertiary alicyclic amines) is 1. The van der Waals surface area contributed by atoms with E-state index in [1.807, 2.05) is 30.3 Å². The minimum atomic E-state index is -0.344.